The zero-order valence-corrected chi connectivity index (χ0v) is 9.96. The first-order chi connectivity index (χ1) is 7.33. The van der Waals surface area contributed by atoms with Gasteiger partial charge in [-0.1, -0.05) is 6.92 Å². The van der Waals surface area contributed by atoms with Gasteiger partial charge in [0.2, 0.25) is 0 Å². The maximum atomic E-state index is 8.94. The van der Waals surface area contributed by atoms with Crippen molar-refractivity contribution in [2.75, 3.05) is 13.1 Å². The third kappa shape index (κ3) is 2.56. The summed E-state index contributed by atoms with van der Waals surface area (Å²) in [7, 11) is 0. The number of rotatable bonds is 4. The van der Waals surface area contributed by atoms with E-state index >= 15 is 0 Å². The van der Waals surface area contributed by atoms with Crippen molar-refractivity contribution >= 4 is 11.3 Å². The van der Waals surface area contributed by atoms with Gasteiger partial charge in [-0.3, -0.25) is 0 Å². The zero-order chi connectivity index (χ0) is 10.7. The van der Waals surface area contributed by atoms with Crippen molar-refractivity contribution in [3.8, 4) is 0 Å². The lowest BCUT2D eigenvalue weighted by Gasteiger charge is -2.21. The molecule has 0 aliphatic carbocycles. The highest BCUT2D eigenvalue weighted by Crippen LogP contribution is 2.22. The van der Waals surface area contributed by atoms with Crippen LogP contribution in [0, 0.1) is 0 Å². The van der Waals surface area contributed by atoms with E-state index in [1.54, 1.807) is 11.3 Å². The molecular formula is C11H18N2OS. The van der Waals surface area contributed by atoms with E-state index in [4.69, 9.17) is 5.11 Å². The molecule has 0 radical (unpaired) electrons. The molecule has 1 fully saturated rings. The highest BCUT2D eigenvalue weighted by molar-refractivity contribution is 7.09. The molecule has 0 aromatic carbocycles. The Hall–Kier alpha value is -0.450. The van der Waals surface area contributed by atoms with Crippen molar-refractivity contribution in [3.05, 3.63) is 16.1 Å². The van der Waals surface area contributed by atoms with Gasteiger partial charge in [0.05, 0.1) is 17.3 Å². The van der Waals surface area contributed by atoms with Gasteiger partial charge >= 0.3 is 0 Å². The van der Waals surface area contributed by atoms with E-state index < -0.39 is 0 Å². The fourth-order valence-corrected chi connectivity index (χ4v) is 3.12. The molecule has 0 spiro atoms. The van der Waals surface area contributed by atoms with E-state index in [0.717, 1.165) is 18.7 Å². The van der Waals surface area contributed by atoms with Crippen molar-refractivity contribution in [1.82, 2.24) is 9.88 Å². The number of hydrogen-bond acceptors (Lipinski definition) is 4. The molecule has 0 saturated carbocycles. The van der Waals surface area contributed by atoms with Crippen molar-refractivity contribution in [3.63, 3.8) is 0 Å². The predicted octanol–water partition coefficient (Wildman–Crippen LogP) is 1.66. The molecule has 1 aliphatic rings. The number of aliphatic hydroxyl groups excluding tert-OH is 1. The molecule has 1 aromatic rings. The monoisotopic (exact) mass is 226 g/mol. The molecule has 3 nitrogen and oxygen atoms in total. The van der Waals surface area contributed by atoms with Crippen molar-refractivity contribution in [2.24, 2.45) is 0 Å². The van der Waals surface area contributed by atoms with Gasteiger partial charge in [-0.05, 0) is 25.9 Å². The SMILES string of the molecule is CCN1CCCC1Cc1nc(CO)cs1. The number of aliphatic hydroxyl groups is 1. The van der Waals surface area contributed by atoms with Gasteiger partial charge in [0.15, 0.2) is 0 Å². The van der Waals surface area contributed by atoms with Crippen LogP contribution in [0.2, 0.25) is 0 Å². The Labute approximate surface area is 94.8 Å². The Kier molecular flexibility index (Phi) is 3.72. The molecule has 1 unspecified atom stereocenters. The number of nitrogens with zero attached hydrogens (tertiary/aromatic N) is 2. The van der Waals surface area contributed by atoms with Crippen LogP contribution in [-0.4, -0.2) is 34.1 Å². The summed E-state index contributed by atoms with van der Waals surface area (Å²) in [5.74, 6) is 0. The first-order valence-corrected chi connectivity index (χ1v) is 6.49. The largest absolute Gasteiger partial charge is 0.390 e. The van der Waals surface area contributed by atoms with Crippen molar-refractivity contribution < 1.29 is 5.11 Å². The molecule has 1 aliphatic heterocycles. The second kappa shape index (κ2) is 5.05. The molecule has 0 amide bonds. The summed E-state index contributed by atoms with van der Waals surface area (Å²) in [6, 6.07) is 0.674. The Morgan fingerprint density at radius 1 is 1.67 bits per heavy atom. The minimum Gasteiger partial charge on any atom is -0.390 e. The molecule has 2 heterocycles. The summed E-state index contributed by atoms with van der Waals surface area (Å²) in [5.41, 5.74) is 0.816. The van der Waals surface area contributed by atoms with Crippen LogP contribution in [0.4, 0.5) is 0 Å². The summed E-state index contributed by atoms with van der Waals surface area (Å²) in [6.45, 7) is 4.67. The molecule has 4 heteroatoms. The lowest BCUT2D eigenvalue weighted by atomic mass is 10.1. The Bertz CT molecular complexity index is 313. The summed E-state index contributed by atoms with van der Waals surface area (Å²) >= 11 is 1.68. The van der Waals surface area contributed by atoms with E-state index in [-0.39, 0.29) is 6.61 Å². The molecule has 1 saturated heterocycles. The molecule has 0 bridgehead atoms. The molecule has 1 atom stereocenters. The molecule has 2 rings (SSSR count). The van der Waals surface area contributed by atoms with Crippen LogP contribution < -0.4 is 0 Å². The van der Waals surface area contributed by atoms with Crippen LogP contribution in [0.5, 0.6) is 0 Å². The summed E-state index contributed by atoms with van der Waals surface area (Å²) < 4.78 is 0. The second-order valence-electron chi connectivity index (χ2n) is 4.02. The van der Waals surface area contributed by atoms with E-state index in [9.17, 15) is 0 Å². The molecule has 1 N–H and O–H groups in total. The average Bonchev–Trinajstić information content (AvgIpc) is 2.87. The zero-order valence-electron chi connectivity index (χ0n) is 9.15. The number of aromatic nitrogens is 1. The van der Waals surface area contributed by atoms with E-state index in [2.05, 4.69) is 16.8 Å². The third-order valence-electron chi connectivity index (χ3n) is 3.08. The minimum atomic E-state index is 0.0681. The molecule has 15 heavy (non-hydrogen) atoms. The van der Waals surface area contributed by atoms with Crippen LogP contribution in [-0.2, 0) is 13.0 Å². The fraction of sp³-hybridized carbons (Fsp3) is 0.727. The number of likely N-dealkylation sites (tertiary alicyclic amines) is 1. The Morgan fingerprint density at radius 2 is 2.53 bits per heavy atom. The minimum absolute atomic E-state index is 0.0681. The summed E-state index contributed by atoms with van der Waals surface area (Å²) in [5, 5.41) is 12.1. The molecule has 1 aromatic heterocycles. The smallest absolute Gasteiger partial charge is 0.0944 e. The number of hydrogen-bond donors (Lipinski definition) is 1. The van der Waals surface area contributed by atoms with Gasteiger partial charge in [0.25, 0.3) is 0 Å². The number of thiazole rings is 1. The van der Waals surface area contributed by atoms with Crippen molar-refractivity contribution in [2.45, 2.75) is 38.8 Å². The standard InChI is InChI=1S/C11H18N2OS/c1-2-13-5-3-4-10(13)6-11-12-9(7-14)8-15-11/h8,10,14H,2-7H2,1H3. The highest BCUT2D eigenvalue weighted by Gasteiger charge is 2.23. The average molecular weight is 226 g/mol. The topological polar surface area (TPSA) is 36.4 Å². The first-order valence-electron chi connectivity index (χ1n) is 5.61. The van der Waals surface area contributed by atoms with E-state index in [1.165, 1.54) is 24.4 Å². The van der Waals surface area contributed by atoms with Gasteiger partial charge in [-0.15, -0.1) is 11.3 Å². The molecular weight excluding hydrogens is 208 g/mol. The first kappa shape index (κ1) is 11.0. The Morgan fingerprint density at radius 3 is 3.20 bits per heavy atom. The van der Waals surface area contributed by atoms with Crippen LogP contribution >= 0.6 is 11.3 Å². The highest BCUT2D eigenvalue weighted by atomic mass is 32.1. The predicted molar refractivity (Wildman–Crippen MR) is 62.0 cm³/mol. The van der Waals surface area contributed by atoms with Crippen LogP contribution in [0.1, 0.15) is 30.5 Å². The molecule has 84 valence electrons. The maximum Gasteiger partial charge on any atom is 0.0944 e. The second-order valence-corrected chi connectivity index (χ2v) is 4.96. The van der Waals surface area contributed by atoms with E-state index in [0.29, 0.717) is 6.04 Å². The van der Waals surface area contributed by atoms with Gasteiger partial charge in [-0.2, -0.15) is 0 Å². The lowest BCUT2D eigenvalue weighted by Crippen LogP contribution is -2.30. The van der Waals surface area contributed by atoms with Gasteiger partial charge in [-0.25, -0.2) is 4.98 Å². The van der Waals surface area contributed by atoms with Crippen LogP contribution in [0.3, 0.4) is 0 Å². The fourth-order valence-electron chi connectivity index (χ4n) is 2.26. The number of likely N-dealkylation sites (N-methyl/N-ethyl adjacent to an activating group) is 1. The normalized spacial score (nSPS) is 22.4. The quantitative estimate of drug-likeness (QED) is 0.848. The van der Waals surface area contributed by atoms with Gasteiger partial charge < -0.3 is 10.0 Å². The van der Waals surface area contributed by atoms with Crippen LogP contribution in [0.25, 0.3) is 0 Å². The van der Waals surface area contributed by atoms with Gasteiger partial charge in [0, 0.05) is 17.8 Å². The maximum absolute atomic E-state index is 8.94. The third-order valence-corrected chi connectivity index (χ3v) is 4.00. The summed E-state index contributed by atoms with van der Waals surface area (Å²) in [6.07, 6.45) is 3.66. The van der Waals surface area contributed by atoms with Gasteiger partial charge in [0.1, 0.15) is 0 Å². The van der Waals surface area contributed by atoms with Crippen LogP contribution in [0.15, 0.2) is 5.38 Å². The summed E-state index contributed by atoms with van der Waals surface area (Å²) in [4.78, 5) is 6.93. The van der Waals surface area contributed by atoms with Crippen molar-refractivity contribution in [1.29, 1.82) is 0 Å². The van der Waals surface area contributed by atoms with E-state index in [1.807, 2.05) is 5.38 Å². The lowest BCUT2D eigenvalue weighted by molar-refractivity contribution is 0.264. The Balaban J connectivity index is 1.95.